The van der Waals surface area contributed by atoms with Gasteiger partial charge in [-0.05, 0) is 17.7 Å². The fourth-order valence-electron chi connectivity index (χ4n) is 1.65. The van der Waals surface area contributed by atoms with Crippen LogP contribution in [-0.2, 0) is 11.4 Å². The summed E-state index contributed by atoms with van der Waals surface area (Å²) in [6.45, 7) is 0.321. The highest BCUT2D eigenvalue weighted by Gasteiger charge is 2.10. The molecule has 0 unspecified atom stereocenters. The molecule has 0 aromatic heterocycles. The second-order valence-corrected chi connectivity index (χ2v) is 3.91. The number of amides is 1. The minimum atomic E-state index is -0.326. The van der Waals surface area contributed by atoms with Gasteiger partial charge in [-0.25, -0.2) is 5.48 Å². The molecule has 2 rings (SSSR count). The molecule has 0 aliphatic rings. The van der Waals surface area contributed by atoms with Gasteiger partial charge in [0.05, 0.1) is 19.3 Å². The van der Waals surface area contributed by atoms with Crippen LogP contribution in [0.15, 0.2) is 54.6 Å². The Morgan fingerprint density at radius 1 is 1.05 bits per heavy atom. The number of nitrogens with one attached hydrogen (secondary N) is 1. The topological polar surface area (TPSA) is 47.6 Å². The largest absolute Gasteiger partial charge is 0.496 e. The number of hydrogen-bond acceptors (Lipinski definition) is 3. The highest BCUT2D eigenvalue weighted by atomic mass is 16.6. The minimum absolute atomic E-state index is 0.321. The summed E-state index contributed by atoms with van der Waals surface area (Å²) in [5.74, 6) is 0.191. The van der Waals surface area contributed by atoms with Crippen molar-refractivity contribution in [2.75, 3.05) is 7.11 Å². The van der Waals surface area contributed by atoms with Crippen molar-refractivity contribution in [3.8, 4) is 5.75 Å². The van der Waals surface area contributed by atoms with E-state index >= 15 is 0 Å². The standard InChI is InChI=1S/C15H15NO3/c1-18-14-10-6-5-9-13(14)15(17)16-19-11-12-7-3-2-4-8-12/h2-10H,11H2,1H3,(H,16,17). The Labute approximate surface area is 111 Å². The molecule has 4 nitrogen and oxygen atoms in total. The maximum absolute atomic E-state index is 11.9. The first-order chi connectivity index (χ1) is 9.31. The third kappa shape index (κ3) is 3.56. The number of carbonyl (C=O) groups is 1. The lowest BCUT2D eigenvalue weighted by Gasteiger charge is -2.09. The zero-order chi connectivity index (χ0) is 13.5. The fraction of sp³-hybridized carbons (Fsp3) is 0.133. The molecule has 0 saturated heterocycles. The summed E-state index contributed by atoms with van der Waals surface area (Å²) < 4.78 is 5.11. The van der Waals surface area contributed by atoms with E-state index in [0.717, 1.165) is 5.56 Å². The average molecular weight is 257 g/mol. The number of benzene rings is 2. The van der Waals surface area contributed by atoms with Crippen molar-refractivity contribution < 1.29 is 14.4 Å². The molecule has 0 atom stereocenters. The van der Waals surface area contributed by atoms with Crippen molar-refractivity contribution in [3.63, 3.8) is 0 Å². The number of methoxy groups -OCH3 is 1. The predicted molar refractivity (Wildman–Crippen MR) is 71.7 cm³/mol. The Morgan fingerprint density at radius 2 is 1.74 bits per heavy atom. The summed E-state index contributed by atoms with van der Waals surface area (Å²) in [5.41, 5.74) is 3.83. The van der Waals surface area contributed by atoms with Crippen LogP contribution in [0.1, 0.15) is 15.9 Å². The maximum atomic E-state index is 11.9. The van der Waals surface area contributed by atoms with Crippen LogP contribution in [0.25, 0.3) is 0 Å². The van der Waals surface area contributed by atoms with Gasteiger partial charge in [0.25, 0.3) is 5.91 Å². The molecular formula is C15H15NO3. The first-order valence-corrected chi connectivity index (χ1v) is 5.90. The first kappa shape index (κ1) is 13.1. The molecule has 0 bridgehead atoms. The van der Waals surface area contributed by atoms with E-state index in [1.807, 2.05) is 30.3 Å². The smallest absolute Gasteiger partial charge is 0.278 e. The van der Waals surface area contributed by atoms with E-state index in [1.54, 1.807) is 24.3 Å². The maximum Gasteiger partial charge on any atom is 0.278 e. The number of carbonyl (C=O) groups excluding carboxylic acids is 1. The Balaban J connectivity index is 1.91. The number of ether oxygens (including phenoxy) is 1. The lowest BCUT2D eigenvalue weighted by atomic mass is 10.2. The Bertz CT molecular complexity index is 540. The zero-order valence-electron chi connectivity index (χ0n) is 10.6. The third-order valence-corrected chi connectivity index (χ3v) is 2.60. The van der Waals surface area contributed by atoms with Crippen LogP contribution < -0.4 is 10.2 Å². The number of para-hydroxylation sites is 1. The summed E-state index contributed by atoms with van der Waals surface area (Å²) in [4.78, 5) is 17.1. The van der Waals surface area contributed by atoms with Crippen LogP contribution in [-0.4, -0.2) is 13.0 Å². The molecule has 1 N–H and O–H groups in total. The molecule has 0 heterocycles. The van der Waals surface area contributed by atoms with Gasteiger partial charge in [-0.1, -0.05) is 42.5 Å². The molecule has 0 aliphatic carbocycles. The predicted octanol–water partition coefficient (Wildman–Crippen LogP) is 2.56. The van der Waals surface area contributed by atoms with Crippen molar-refractivity contribution in [2.24, 2.45) is 0 Å². The van der Waals surface area contributed by atoms with Crippen LogP contribution in [0.2, 0.25) is 0 Å². The average Bonchev–Trinajstić information content (AvgIpc) is 2.48. The zero-order valence-corrected chi connectivity index (χ0v) is 10.6. The molecule has 0 radical (unpaired) electrons. The van der Waals surface area contributed by atoms with E-state index in [2.05, 4.69) is 5.48 Å². The van der Waals surface area contributed by atoms with Gasteiger partial charge < -0.3 is 4.74 Å². The quantitative estimate of drug-likeness (QED) is 0.837. The summed E-state index contributed by atoms with van der Waals surface area (Å²) in [5, 5.41) is 0. The van der Waals surface area contributed by atoms with E-state index in [0.29, 0.717) is 17.9 Å². The van der Waals surface area contributed by atoms with Crippen molar-refractivity contribution in [3.05, 3.63) is 65.7 Å². The lowest BCUT2D eigenvalue weighted by molar-refractivity contribution is 0.0231. The van der Waals surface area contributed by atoms with Crippen molar-refractivity contribution in [1.82, 2.24) is 5.48 Å². The van der Waals surface area contributed by atoms with Gasteiger partial charge in [-0.3, -0.25) is 9.63 Å². The molecule has 1 amide bonds. The van der Waals surface area contributed by atoms with E-state index in [9.17, 15) is 4.79 Å². The second kappa shape index (κ2) is 6.56. The molecule has 98 valence electrons. The van der Waals surface area contributed by atoms with Gasteiger partial charge in [0, 0.05) is 0 Å². The summed E-state index contributed by atoms with van der Waals surface area (Å²) >= 11 is 0. The molecule has 0 saturated carbocycles. The highest BCUT2D eigenvalue weighted by molar-refractivity contribution is 5.96. The Hall–Kier alpha value is -2.33. The van der Waals surface area contributed by atoms with E-state index in [1.165, 1.54) is 7.11 Å². The van der Waals surface area contributed by atoms with E-state index in [-0.39, 0.29) is 5.91 Å². The van der Waals surface area contributed by atoms with Crippen LogP contribution >= 0.6 is 0 Å². The summed E-state index contributed by atoms with van der Waals surface area (Å²) in [6.07, 6.45) is 0. The lowest BCUT2D eigenvalue weighted by Crippen LogP contribution is -2.24. The SMILES string of the molecule is COc1ccccc1C(=O)NOCc1ccccc1. The molecular weight excluding hydrogens is 242 g/mol. The monoisotopic (exact) mass is 257 g/mol. The van der Waals surface area contributed by atoms with E-state index in [4.69, 9.17) is 9.57 Å². The van der Waals surface area contributed by atoms with Crippen molar-refractivity contribution in [1.29, 1.82) is 0 Å². The van der Waals surface area contributed by atoms with Gasteiger partial charge in [-0.15, -0.1) is 0 Å². The number of rotatable bonds is 5. The highest BCUT2D eigenvalue weighted by Crippen LogP contribution is 2.16. The van der Waals surface area contributed by atoms with Crippen molar-refractivity contribution in [2.45, 2.75) is 6.61 Å². The summed E-state index contributed by atoms with van der Waals surface area (Å²) in [6, 6.07) is 16.6. The van der Waals surface area contributed by atoms with Gasteiger partial charge in [0.1, 0.15) is 5.75 Å². The van der Waals surface area contributed by atoms with Gasteiger partial charge in [-0.2, -0.15) is 0 Å². The fourth-order valence-corrected chi connectivity index (χ4v) is 1.65. The minimum Gasteiger partial charge on any atom is -0.496 e. The Morgan fingerprint density at radius 3 is 2.47 bits per heavy atom. The van der Waals surface area contributed by atoms with Crippen LogP contribution in [0.4, 0.5) is 0 Å². The van der Waals surface area contributed by atoms with Crippen LogP contribution in [0.5, 0.6) is 5.75 Å². The molecule has 0 aliphatic heterocycles. The molecule has 0 fully saturated rings. The van der Waals surface area contributed by atoms with Crippen LogP contribution in [0.3, 0.4) is 0 Å². The van der Waals surface area contributed by atoms with Gasteiger partial charge in [0.15, 0.2) is 0 Å². The van der Waals surface area contributed by atoms with Gasteiger partial charge >= 0.3 is 0 Å². The van der Waals surface area contributed by atoms with Crippen LogP contribution in [0, 0.1) is 0 Å². The molecule has 4 heteroatoms. The second-order valence-electron chi connectivity index (χ2n) is 3.91. The number of hydrogen-bond donors (Lipinski definition) is 1. The molecule has 2 aromatic rings. The molecule has 19 heavy (non-hydrogen) atoms. The summed E-state index contributed by atoms with van der Waals surface area (Å²) in [7, 11) is 1.52. The normalized spacial score (nSPS) is 9.95. The molecule has 2 aromatic carbocycles. The molecule has 0 spiro atoms. The number of hydroxylamine groups is 1. The van der Waals surface area contributed by atoms with Gasteiger partial charge in [0.2, 0.25) is 0 Å². The third-order valence-electron chi connectivity index (χ3n) is 2.60. The Kier molecular flexibility index (Phi) is 4.53. The first-order valence-electron chi connectivity index (χ1n) is 5.90. The van der Waals surface area contributed by atoms with E-state index < -0.39 is 0 Å². The van der Waals surface area contributed by atoms with Crippen molar-refractivity contribution >= 4 is 5.91 Å².